The van der Waals surface area contributed by atoms with E-state index >= 15 is 0 Å². The summed E-state index contributed by atoms with van der Waals surface area (Å²) < 4.78 is 32.7. The lowest BCUT2D eigenvalue weighted by atomic mass is 10.1. The summed E-state index contributed by atoms with van der Waals surface area (Å²) in [5, 5.41) is 3.44. The quantitative estimate of drug-likeness (QED) is 0.644. The molecule has 8 heteroatoms. The van der Waals surface area contributed by atoms with Gasteiger partial charge < -0.3 is 10.1 Å². The van der Waals surface area contributed by atoms with Crippen LogP contribution >= 0.6 is 11.6 Å². The molecule has 1 fully saturated rings. The van der Waals surface area contributed by atoms with Crippen molar-refractivity contribution in [3.63, 3.8) is 0 Å². The second-order valence-corrected chi connectivity index (χ2v) is 8.94. The standard InChI is InChI=1S/C20H23ClN2O4S/c1-27-19-12-11-17(28(25,26)23-16-9-10-16)13-18(19)22-20(24)4-2-3-14-5-7-15(21)8-6-14/h5-8,11-13,16,23H,2-4,9-10H2,1H3,(H,22,24). The van der Waals surface area contributed by atoms with E-state index in [9.17, 15) is 13.2 Å². The predicted octanol–water partition coefficient (Wildman–Crippen LogP) is 3.75. The molecule has 0 aromatic heterocycles. The average Bonchev–Trinajstić information content (AvgIpc) is 3.46. The molecule has 0 spiro atoms. The Morgan fingerprint density at radius 2 is 1.89 bits per heavy atom. The van der Waals surface area contributed by atoms with E-state index in [1.165, 1.54) is 19.2 Å². The van der Waals surface area contributed by atoms with E-state index in [0.29, 0.717) is 29.3 Å². The zero-order chi connectivity index (χ0) is 20.1. The third-order valence-electron chi connectivity index (χ3n) is 4.44. The smallest absolute Gasteiger partial charge is 0.240 e. The maximum atomic E-state index is 12.4. The molecule has 0 saturated heterocycles. The van der Waals surface area contributed by atoms with Crippen LogP contribution in [0, 0.1) is 0 Å². The lowest BCUT2D eigenvalue weighted by Gasteiger charge is -2.13. The first-order valence-corrected chi connectivity index (χ1v) is 11.0. The zero-order valence-electron chi connectivity index (χ0n) is 15.6. The van der Waals surface area contributed by atoms with Gasteiger partial charge in [-0.15, -0.1) is 0 Å². The first-order valence-electron chi connectivity index (χ1n) is 9.12. The van der Waals surface area contributed by atoms with E-state index in [1.54, 1.807) is 6.07 Å². The molecule has 2 aromatic carbocycles. The number of nitrogens with one attached hydrogen (secondary N) is 2. The predicted molar refractivity (Wildman–Crippen MR) is 109 cm³/mol. The number of benzene rings is 2. The minimum atomic E-state index is -3.60. The fourth-order valence-electron chi connectivity index (χ4n) is 2.76. The van der Waals surface area contributed by atoms with Crippen molar-refractivity contribution in [2.75, 3.05) is 12.4 Å². The van der Waals surface area contributed by atoms with Crippen molar-refractivity contribution in [1.82, 2.24) is 4.72 Å². The summed E-state index contributed by atoms with van der Waals surface area (Å²) in [5.74, 6) is 0.216. The number of ether oxygens (including phenoxy) is 1. The first kappa shape index (κ1) is 20.6. The van der Waals surface area contributed by atoms with Crippen LogP contribution in [0.5, 0.6) is 5.75 Å². The largest absolute Gasteiger partial charge is 0.495 e. The number of hydrogen-bond donors (Lipinski definition) is 2. The molecule has 0 radical (unpaired) electrons. The number of carbonyl (C=O) groups excluding carboxylic acids is 1. The molecule has 28 heavy (non-hydrogen) atoms. The third-order valence-corrected chi connectivity index (χ3v) is 6.21. The molecule has 3 rings (SSSR count). The van der Waals surface area contributed by atoms with Crippen molar-refractivity contribution in [3.05, 3.63) is 53.1 Å². The molecule has 0 aliphatic heterocycles. The lowest BCUT2D eigenvalue weighted by Crippen LogP contribution is -2.25. The zero-order valence-corrected chi connectivity index (χ0v) is 17.1. The highest BCUT2D eigenvalue weighted by Gasteiger charge is 2.28. The van der Waals surface area contributed by atoms with E-state index in [-0.39, 0.29) is 16.8 Å². The van der Waals surface area contributed by atoms with Gasteiger partial charge in [-0.2, -0.15) is 0 Å². The van der Waals surface area contributed by atoms with E-state index in [2.05, 4.69) is 10.0 Å². The third kappa shape index (κ3) is 5.70. The summed E-state index contributed by atoms with van der Waals surface area (Å²) in [5.41, 5.74) is 1.45. The summed E-state index contributed by atoms with van der Waals surface area (Å²) >= 11 is 5.87. The van der Waals surface area contributed by atoms with Crippen LogP contribution in [-0.4, -0.2) is 27.5 Å². The molecule has 0 bridgehead atoms. The summed E-state index contributed by atoms with van der Waals surface area (Å²) in [6, 6.07) is 12.0. The van der Waals surface area contributed by atoms with Crippen LogP contribution in [0.3, 0.4) is 0 Å². The van der Waals surface area contributed by atoms with Crippen molar-refractivity contribution in [2.24, 2.45) is 0 Å². The van der Waals surface area contributed by atoms with E-state index in [4.69, 9.17) is 16.3 Å². The van der Waals surface area contributed by atoms with Crippen molar-refractivity contribution >= 4 is 33.2 Å². The Bertz CT molecular complexity index is 941. The Labute approximate surface area is 170 Å². The Hall–Kier alpha value is -2.09. The number of amides is 1. The molecule has 1 aliphatic rings. The Morgan fingerprint density at radius 3 is 2.54 bits per heavy atom. The Balaban J connectivity index is 1.62. The normalized spacial score (nSPS) is 13.9. The summed E-state index contributed by atoms with van der Waals surface area (Å²) in [4.78, 5) is 12.4. The summed E-state index contributed by atoms with van der Waals surface area (Å²) in [6.07, 6.45) is 3.43. The Morgan fingerprint density at radius 1 is 1.18 bits per heavy atom. The molecular formula is C20H23ClN2O4S. The van der Waals surface area contributed by atoms with Gasteiger partial charge in [0, 0.05) is 17.5 Å². The maximum absolute atomic E-state index is 12.4. The molecular weight excluding hydrogens is 400 g/mol. The lowest BCUT2D eigenvalue weighted by molar-refractivity contribution is -0.116. The minimum absolute atomic E-state index is 0.0120. The van der Waals surface area contributed by atoms with Gasteiger partial charge in [-0.1, -0.05) is 23.7 Å². The molecule has 1 amide bonds. The van der Waals surface area contributed by atoms with Gasteiger partial charge in [0.1, 0.15) is 5.75 Å². The number of rotatable bonds is 9. The molecule has 150 valence electrons. The fraction of sp³-hybridized carbons (Fsp3) is 0.350. The number of sulfonamides is 1. The number of anilines is 1. The maximum Gasteiger partial charge on any atom is 0.240 e. The van der Waals surface area contributed by atoms with Crippen molar-refractivity contribution in [1.29, 1.82) is 0 Å². The van der Waals surface area contributed by atoms with Crippen LogP contribution in [0.1, 0.15) is 31.2 Å². The summed E-state index contributed by atoms with van der Waals surface area (Å²) in [7, 11) is -2.13. The molecule has 2 N–H and O–H groups in total. The highest BCUT2D eigenvalue weighted by molar-refractivity contribution is 7.89. The van der Waals surface area contributed by atoms with Crippen LogP contribution in [0.15, 0.2) is 47.4 Å². The van der Waals surface area contributed by atoms with Crippen LogP contribution in [-0.2, 0) is 21.2 Å². The van der Waals surface area contributed by atoms with Gasteiger partial charge in [-0.05, 0) is 61.6 Å². The van der Waals surface area contributed by atoms with E-state index < -0.39 is 10.0 Å². The molecule has 1 saturated carbocycles. The number of hydrogen-bond acceptors (Lipinski definition) is 4. The van der Waals surface area contributed by atoms with Crippen LogP contribution in [0.2, 0.25) is 5.02 Å². The topological polar surface area (TPSA) is 84.5 Å². The fourth-order valence-corrected chi connectivity index (χ4v) is 4.21. The summed E-state index contributed by atoms with van der Waals surface area (Å²) in [6.45, 7) is 0. The van der Waals surface area contributed by atoms with Gasteiger partial charge >= 0.3 is 0 Å². The van der Waals surface area contributed by atoms with Crippen LogP contribution in [0.25, 0.3) is 0 Å². The first-order chi connectivity index (χ1) is 13.4. The number of methoxy groups -OCH3 is 1. The molecule has 1 aliphatic carbocycles. The van der Waals surface area contributed by atoms with E-state index in [0.717, 1.165) is 24.8 Å². The molecule has 2 aromatic rings. The number of aryl methyl sites for hydroxylation is 1. The second kappa shape index (κ2) is 8.94. The second-order valence-electron chi connectivity index (χ2n) is 6.79. The van der Waals surface area contributed by atoms with Gasteiger partial charge in [-0.3, -0.25) is 4.79 Å². The highest BCUT2D eigenvalue weighted by Crippen LogP contribution is 2.29. The SMILES string of the molecule is COc1ccc(S(=O)(=O)NC2CC2)cc1NC(=O)CCCc1ccc(Cl)cc1. The molecule has 6 nitrogen and oxygen atoms in total. The van der Waals surface area contributed by atoms with Gasteiger partial charge in [-0.25, -0.2) is 13.1 Å². The van der Waals surface area contributed by atoms with Crippen molar-refractivity contribution < 1.29 is 17.9 Å². The molecule has 0 unspecified atom stereocenters. The molecule has 0 atom stereocenters. The van der Waals surface area contributed by atoms with E-state index in [1.807, 2.05) is 24.3 Å². The Kier molecular flexibility index (Phi) is 6.59. The van der Waals surface area contributed by atoms with Crippen LogP contribution in [0.4, 0.5) is 5.69 Å². The number of carbonyl (C=O) groups is 1. The number of halogens is 1. The highest BCUT2D eigenvalue weighted by atomic mass is 35.5. The van der Waals surface area contributed by atoms with Crippen molar-refractivity contribution in [3.8, 4) is 5.75 Å². The van der Waals surface area contributed by atoms with Crippen LogP contribution < -0.4 is 14.8 Å². The molecule has 0 heterocycles. The van der Waals surface area contributed by atoms with Gasteiger partial charge in [0.25, 0.3) is 0 Å². The van der Waals surface area contributed by atoms with Gasteiger partial charge in [0.2, 0.25) is 15.9 Å². The minimum Gasteiger partial charge on any atom is -0.495 e. The average molecular weight is 423 g/mol. The van der Waals surface area contributed by atoms with Gasteiger partial charge in [0.15, 0.2) is 0 Å². The van der Waals surface area contributed by atoms with Gasteiger partial charge in [0.05, 0.1) is 17.7 Å². The van der Waals surface area contributed by atoms with Crippen molar-refractivity contribution in [2.45, 2.75) is 43.0 Å². The monoisotopic (exact) mass is 422 g/mol.